The number of nitrogens with two attached hydrogens (primary N) is 1. The van der Waals surface area contributed by atoms with Crippen molar-refractivity contribution < 1.29 is 4.74 Å². The number of anilines is 4. The Balaban J connectivity index is 1.34. The van der Waals surface area contributed by atoms with Crippen LogP contribution in [-0.2, 0) is 12.2 Å². The van der Waals surface area contributed by atoms with Crippen LogP contribution < -0.4 is 21.1 Å². The van der Waals surface area contributed by atoms with E-state index < -0.39 is 0 Å². The van der Waals surface area contributed by atoms with Crippen LogP contribution in [0.3, 0.4) is 0 Å². The monoisotopic (exact) mass is 472 g/mol. The van der Waals surface area contributed by atoms with E-state index >= 15 is 0 Å². The normalized spacial score (nSPS) is 10.7. The van der Waals surface area contributed by atoms with Crippen molar-refractivity contribution in [1.29, 1.82) is 0 Å². The van der Waals surface area contributed by atoms with Crippen LogP contribution in [0.15, 0.2) is 46.1 Å². The minimum atomic E-state index is 0.149. The third-order valence-corrected chi connectivity index (χ3v) is 6.96. The molecule has 0 bridgehead atoms. The zero-order valence-electron chi connectivity index (χ0n) is 16.6. The van der Waals surface area contributed by atoms with E-state index in [4.69, 9.17) is 10.5 Å². The Labute approximate surface area is 191 Å². The molecule has 0 atom stereocenters. The number of nitrogens with one attached hydrogen (secondary N) is 2. The van der Waals surface area contributed by atoms with Crippen molar-refractivity contribution in [3.8, 4) is 5.75 Å². The third-order valence-electron chi connectivity index (χ3n) is 4.01. The van der Waals surface area contributed by atoms with Crippen molar-refractivity contribution in [2.75, 3.05) is 30.0 Å². The number of thiophene rings is 1. The second kappa shape index (κ2) is 10.4. The largest absolute Gasteiger partial charge is 0.495 e. The van der Waals surface area contributed by atoms with Gasteiger partial charge in [0.1, 0.15) is 11.6 Å². The van der Waals surface area contributed by atoms with Crippen molar-refractivity contribution in [2.24, 2.45) is 0 Å². The molecule has 160 valence electrons. The average molecular weight is 473 g/mol. The molecule has 0 unspecified atom stereocenters. The molecular formula is C19H20N8OS3. The average Bonchev–Trinajstić information content (AvgIpc) is 3.45. The summed E-state index contributed by atoms with van der Waals surface area (Å²) in [5.74, 6) is 2.25. The number of methoxy groups -OCH3 is 1. The highest BCUT2D eigenvalue weighted by Gasteiger charge is 2.10. The molecule has 3 heterocycles. The van der Waals surface area contributed by atoms with E-state index in [-0.39, 0.29) is 5.95 Å². The Hall–Kier alpha value is -2.96. The molecule has 0 aliphatic rings. The molecule has 3 aromatic heterocycles. The molecule has 0 radical (unpaired) electrons. The quantitative estimate of drug-likeness (QED) is 0.291. The smallest absolute Gasteiger partial charge is 0.232 e. The van der Waals surface area contributed by atoms with Gasteiger partial charge in [-0.3, -0.25) is 0 Å². The number of rotatable bonds is 10. The predicted molar refractivity (Wildman–Crippen MR) is 126 cm³/mol. The topological polar surface area (TPSA) is 124 Å². The first-order chi connectivity index (χ1) is 15.2. The van der Waals surface area contributed by atoms with Crippen LogP contribution in [0.4, 0.5) is 22.7 Å². The molecule has 12 heteroatoms. The molecule has 0 fully saturated rings. The molecule has 4 N–H and O–H groups in total. The Morgan fingerprint density at radius 3 is 2.84 bits per heavy atom. The Morgan fingerprint density at radius 1 is 1.10 bits per heavy atom. The number of thioether (sulfide) groups is 1. The number of benzene rings is 1. The highest BCUT2D eigenvalue weighted by atomic mass is 32.2. The van der Waals surface area contributed by atoms with Crippen LogP contribution in [0.5, 0.6) is 5.75 Å². The maximum absolute atomic E-state index is 5.87. The number of ether oxygens (including phenoxy) is 1. The summed E-state index contributed by atoms with van der Waals surface area (Å²) in [7, 11) is 1.61. The lowest BCUT2D eigenvalue weighted by molar-refractivity contribution is 0.417. The number of nitrogen functional groups attached to an aromatic ring is 1. The first-order valence-electron chi connectivity index (χ1n) is 9.32. The number of aromatic nitrogens is 5. The summed E-state index contributed by atoms with van der Waals surface area (Å²) >= 11 is 4.76. The molecule has 4 aromatic rings. The molecule has 0 amide bonds. The van der Waals surface area contributed by atoms with E-state index in [0.29, 0.717) is 23.3 Å². The summed E-state index contributed by atoms with van der Waals surface area (Å²) in [5, 5.41) is 17.7. The summed E-state index contributed by atoms with van der Waals surface area (Å²) in [4.78, 5) is 14.2. The Bertz CT molecular complexity index is 1120. The van der Waals surface area contributed by atoms with Gasteiger partial charge in [-0.15, -0.1) is 21.5 Å². The summed E-state index contributed by atoms with van der Waals surface area (Å²) in [6.45, 7) is 0.821. The molecule has 1 aromatic carbocycles. The zero-order chi connectivity index (χ0) is 21.5. The fourth-order valence-electron chi connectivity index (χ4n) is 2.64. The standard InChI is InChI=1S/C19H20N8OS3/c1-28-14-7-3-2-6-13(14)22-17-24-15(23-16(20)25-17)11-30-19-27-26-18(31-19)21-9-8-12-5-4-10-29-12/h2-7,10H,8-9,11H2,1H3,(H,21,26)(H3,20,22,23,24,25). The van der Waals surface area contributed by atoms with E-state index in [1.54, 1.807) is 18.4 Å². The van der Waals surface area contributed by atoms with Crippen molar-refractivity contribution in [3.63, 3.8) is 0 Å². The first-order valence-corrected chi connectivity index (χ1v) is 12.0. The summed E-state index contributed by atoms with van der Waals surface area (Å²) in [6, 6.07) is 11.7. The first kappa shape index (κ1) is 21.3. The van der Waals surface area contributed by atoms with E-state index in [1.165, 1.54) is 28.0 Å². The van der Waals surface area contributed by atoms with Gasteiger partial charge in [0.2, 0.25) is 17.0 Å². The lowest BCUT2D eigenvalue weighted by Crippen LogP contribution is -2.07. The maximum atomic E-state index is 5.87. The van der Waals surface area contributed by atoms with Crippen LogP contribution >= 0.6 is 34.4 Å². The fourth-order valence-corrected chi connectivity index (χ4v) is 4.98. The predicted octanol–water partition coefficient (Wildman–Crippen LogP) is 4.07. The molecule has 0 spiro atoms. The van der Waals surface area contributed by atoms with Gasteiger partial charge in [0.25, 0.3) is 0 Å². The molecular weight excluding hydrogens is 452 g/mol. The van der Waals surface area contributed by atoms with Crippen molar-refractivity contribution in [1.82, 2.24) is 25.1 Å². The van der Waals surface area contributed by atoms with Crippen molar-refractivity contribution >= 4 is 57.2 Å². The minimum absolute atomic E-state index is 0.149. The molecule has 31 heavy (non-hydrogen) atoms. The molecule has 0 saturated carbocycles. The third kappa shape index (κ3) is 6.03. The van der Waals surface area contributed by atoms with Crippen LogP contribution in [0.1, 0.15) is 10.7 Å². The second-order valence-electron chi connectivity index (χ2n) is 6.18. The molecule has 4 rings (SSSR count). The van der Waals surface area contributed by atoms with Crippen molar-refractivity contribution in [2.45, 2.75) is 16.5 Å². The molecule has 0 aliphatic heterocycles. The highest BCUT2D eigenvalue weighted by Crippen LogP contribution is 2.29. The zero-order valence-corrected chi connectivity index (χ0v) is 19.1. The van der Waals surface area contributed by atoms with Gasteiger partial charge >= 0.3 is 0 Å². The lowest BCUT2D eigenvalue weighted by Gasteiger charge is -2.10. The number of nitrogens with zero attached hydrogens (tertiary/aromatic N) is 5. The molecule has 0 saturated heterocycles. The van der Waals surface area contributed by atoms with Gasteiger partial charge in [0.15, 0.2) is 4.34 Å². The summed E-state index contributed by atoms with van der Waals surface area (Å²) in [5.41, 5.74) is 6.62. The van der Waals surface area contributed by atoms with Crippen LogP contribution in [-0.4, -0.2) is 38.8 Å². The fraction of sp³-hybridized carbons (Fsp3) is 0.211. The van der Waals surface area contributed by atoms with Gasteiger partial charge in [0.05, 0.1) is 18.6 Å². The number of para-hydroxylation sites is 2. The summed E-state index contributed by atoms with van der Waals surface area (Å²) in [6.07, 6.45) is 0.964. The minimum Gasteiger partial charge on any atom is -0.495 e. The number of hydrogen-bond donors (Lipinski definition) is 3. The van der Waals surface area contributed by atoms with Gasteiger partial charge in [-0.1, -0.05) is 41.3 Å². The lowest BCUT2D eigenvalue weighted by atomic mass is 10.3. The Morgan fingerprint density at radius 2 is 2.00 bits per heavy atom. The van der Waals surface area contributed by atoms with E-state index in [1.807, 2.05) is 24.3 Å². The van der Waals surface area contributed by atoms with Gasteiger partial charge in [-0.25, -0.2) is 0 Å². The van der Waals surface area contributed by atoms with Crippen molar-refractivity contribution in [3.05, 3.63) is 52.5 Å². The van der Waals surface area contributed by atoms with Crippen LogP contribution in [0, 0.1) is 0 Å². The van der Waals surface area contributed by atoms with Gasteiger partial charge in [0, 0.05) is 11.4 Å². The number of hydrogen-bond acceptors (Lipinski definition) is 12. The highest BCUT2D eigenvalue weighted by molar-refractivity contribution is 8.00. The van der Waals surface area contributed by atoms with E-state index in [2.05, 4.69) is 53.3 Å². The second-order valence-corrected chi connectivity index (χ2v) is 9.41. The van der Waals surface area contributed by atoms with Crippen LogP contribution in [0.2, 0.25) is 0 Å². The Kier molecular flexibility index (Phi) is 7.12. The van der Waals surface area contributed by atoms with Gasteiger partial charge < -0.3 is 21.1 Å². The maximum Gasteiger partial charge on any atom is 0.232 e. The van der Waals surface area contributed by atoms with Gasteiger partial charge in [-0.2, -0.15) is 15.0 Å². The van der Waals surface area contributed by atoms with E-state index in [9.17, 15) is 0 Å². The molecule has 0 aliphatic carbocycles. The van der Waals surface area contributed by atoms with E-state index in [0.717, 1.165) is 28.1 Å². The SMILES string of the molecule is COc1ccccc1Nc1nc(N)nc(CSc2nnc(NCCc3cccs3)s2)n1. The van der Waals surface area contributed by atoms with Crippen LogP contribution in [0.25, 0.3) is 0 Å². The summed E-state index contributed by atoms with van der Waals surface area (Å²) < 4.78 is 6.18. The molecule has 9 nitrogen and oxygen atoms in total. The van der Waals surface area contributed by atoms with Gasteiger partial charge in [-0.05, 0) is 30.0 Å².